The van der Waals surface area contributed by atoms with Gasteiger partial charge >= 0.3 is 0 Å². The van der Waals surface area contributed by atoms with Crippen molar-refractivity contribution in [1.29, 1.82) is 0 Å². The average molecular weight is 385 g/mol. The van der Waals surface area contributed by atoms with Gasteiger partial charge in [-0.2, -0.15) is 10.2 Å². The van der Waals surface area contributed by atoms with Crippen LogP contribution in [0.5, 0.6) is 0 Å². The molecule has 1 amide bonds. The van der Waals surface area contributed by atoms with Crippen molar-refractivity contribution >= 4 is 5.91 Å². The van der Waals surface area contributed by atoms with Crippen molar-refractivity contribution in [3.63, 3.8) is 0 Å². The Morgan fingerprint density at radius 3 is 2.41 bits per heavy atom. The van der Waals surface area contributed by atoms with Crippen LogP contribution in [0.15, 0.2) is 79.1 Å². The number of nitrogens with one attached hydrogen (secondary N) is 1. The molecule has 2 aromatic carbocycles. The number of carbonyl (C=O) groups is 1. The highest BCUT2D eigenvalue weighted by Crippen LogP contribution is 2.24. The van der Waals surface area contributed by atoms with Gasteiger partial charge in [0.15, 0.2) is 0 Å². The smallest absolute Gasteiger partial charge is 0.255 e. The fraction of sp³-hybridized carbons (Fsp3) is 0.174. The molecule has 1 unspecified atom stereocenters. The van der Waals surface area contributed by atoms with Crippen molar-refractivity contribution in [2.45, 2.75) is 26.4 Å². The second-order valence-electron chi connectivity index (χ2n) is 6.80. The van der Waals surface area contributed by atoms with E-state index < -0.39 is 0 Å². The Morgan fingerprint density at radius 2 is 1.72 bits per heavy atom. The highest BCUT2D eigenvalue weighted by atomic mass is 16.1. The number of nitrogens with zero attached hydrogens (tertiary/aromatic N) is 4. The largest absolute Gasteiger partial charge is 0.344 e. The summed E-state index contributed by atoms with van der Waals surface area (Å²) < 4.78 is 3.63. The Balaban J connectivity index is 1.70. The van der Waals surface area contributed by atoms with Gasteiger partial charge in [0.25, 0.3) is 5.91 Å². The molecule has 0 spiro atoms. The molecular formula is C23H23N5O. The number of hydrogen-bond donors (Lipinski definition) is 1. The minimum Gasteiger partial charge on any atom is -0.344 e. The highest BCUT2D eigenvalue weighted by Gasteiger charge is 2.21. The molecule has 2 aromatic heterocycles. The standard InChI is InChI=1S/C23H23N5O/c1-3-27-21(14-15-24-27)17(2)25-23(29)20-16-28(19-12-8-5-9-13-19)26-22(20)18-10-6-4-7-11-18/h4-17H,3H2,1-2H3,(H,25,29). The van der Waals surface area contributed by atoms with Crippen molar-refractivity contribution in [2.75, 3.05) is 0 Å². The average Bonchev–Trinajstić information content (AvgIpc) is 3.42. The van der Waals surface area contributed by atoms with Crippen LogP contribution >= 0.6 is 0 Å². The first-order valence-electron chi connectivity index (χ1n) is 9.70. The summed E-state index contributed by atoms with van der Waals surface area (Å²) in [5.74, 6) is -0.164. The first-order chi connectivity index (χ1) is 14.2. The molecule has 146 valence electrons. The van der Waals surface area contributed by atoms with E-state index in [0.29, 0.717) is 11.3 Å². The molecule has 2 heterocycles. The number of amides is 1. The fourth-order valence-corrected chi connectivity index (χ4v) is 3.39. The van der Waals surface area contributed by atoms with Crippen LogP contribution in [0.3, 0.4) is 0 Å². The van der Waals surface area contributed by atoms with Crippen LogP contribution in [0.2, 0.25) is 0 Å². The molecule has 6 heteroatoms. The van der Waals surface area contributed by atoms with E-state index in [9.17, 15) is 4.79 Å². The summed E-state index contributed by atoms with van der Waals surface area (Å²) >= 11 is 0. The van der Waals surface area contributed by atoms with Crippen molar-refractivity contribution < 1.29 is 4.79 Å². The van der Waals surface area contributed by atoms with E-state index in [-0.39, 0.29) is 11.9 Å². The third kappa shape index (κ3) is 3.82. The van der Waals surface area contributed by atoms with E-state index >= 15 is 0 Å². The number of carbonyl (C=O) groups excluding carboxylic acids is 1. The monoisotopic (exact) mass is 385 g/mol. The second kappa shape index (κ2) is 8.14. The Morgan fingerprint density at radius 1 is 1.03 bits per heavy atom. The third-order valence-corrected chi connectivity index (χ3v) is 4.87. The zero-order valence-electron chi connectivity index (χ0n) is 16.5. The van der Waals surface area contributed by atoms with Crippen molar-refractivity contribution in [3.8, 4) is 16.9 Å². The first-order valence-corrected chi connectivity index (χ1v) is 9.70. The molecule has 0 aliphatic rings. The molecule has 29 heavy (non-hydrogen) atoms. The van der Waals surface area contributed by atoms with Crippen molar-refractivity contribution in [3.05, 3.63) is 90.4 Å². The molecule has 4 rings (SSSR count). The molecule has 0 saturated carbocycles. The Hall–Kier alpha value is -3.67. The maximum absolute atomic E-state index is 13.2. The van der Waals surface area contributed by atoms with Gasteiger partial charge in [-0.3, -0.25) is 9.48 Å². The van der Waals surface area contributed by atoms with Gasteiger partial charge in [-0.25, -0.2) is 4.68 Å². The van der Waals surface area contributed by atoms with Crippen LogP contribution < -0.4 is 5.32 Å². The van der Waals surface area contributed by atoms with E-state index in [4.69, 9.17) is 5.10 Å². The number of aromatic nitrogens is 4. The number of rotatable bonds is 6. The van der Waals surface area contributed by atoms with Gasteiger partial charge in [-0.1, -0.05) is 48.5 Å². The van der Waals surface area contributed by atoms with Crippen LogP contribution in [-0.4, -0.2) is 25.5 Å². The lowest BCUT2D eigenvalue weighted by Crippen LogP contribution is -2.28. The molecule has 1 atom stereocenters. The number of benzene rings is 2. The van der Waals surface area contributed by atoms with E-state index in [2.05, 4.69) is 10.4 Å². The SMILES string of the molecule is CCn1nccc1C(C)NC(=O)c1cn(-c2ccccc2)nc1-c1ccccc1. The van der Waals surface area contributed by atoms with Gasteiger partial charge in [0.05, 0.1) is 23.0 Å². The number of hydrogen-bond acceptors (Lipinski definition) is 3. The zero-order valence-corrected chi connectivity index (χ0v) is 16.5. The summed E-state index contributed by atoms with van der Waals surface area (Å²) in [6, 6.07) is 21.3. The Kier molecular flexibility index (Phi) is 5.24. The van der Waals surface area contributed by atoms with E-state index in [1.54, 1.807) is 17.1 Å². The summed E-state index contributed by atoms with van der Waals surface area (Å²) in [4.78, 5) is 13.2. The molecule has 0 aliphatic carbocycles. The van der Waals surface area contributed by atoms with Crippen molar-refractivity contribution in [1.82, 2.24) is 24.9 Å². The van der Waals surface area contributed by atoms with Gasteiger partial charge < -0.3 is 5.32 Å². The molecule has 0 fully saturated rings. The summed E-state index contributed by atoms with van der Waals surface area (Å²) in [5, 5.41) is 12.1. The Bertz CT molecular complexity index is 1100. The number of para-hydroxylation sites is 1. The summed E-state index contributed by atoms with van der Waals surface area (Å²) in [6.07, 6.45) is 3.54. The van der Waals surface area contributed by atoms with Crippen LogP contribution in [0.4, 0.5) is 0 Å². The van der Waals surface area contributed by atoms with Crippen LogP contribution in [0.1, 0.15) is 35.9 Å². The maximum Gasteiger partial charge on any atom is 0.255 e. The maximum atomic E-state index is 13.2. The van der Waals surface area contributed by atoms with Crippen molar-refractivity contribution in [2.24, 2.45) is 0 Å². The topological polar surface area (TPSA) is 64.7 Å². The van der Waals surface area contributed by atoms with Gasteiger partial charge in [-0.05, 0) is 32.0 Å². The molecule has 1 N–H and O–H groups in total. The predicted molar refractivity (Wildman–Crippen MR) is 113 cm³/mol. The molecule has 0 bridgehead atoms. The van der Waals surface area contributed by atoms with E-state index in [0.717, 1.165) is 23.5 Å². The summed E-state index contributed by atoms with van der Waals surface area (Å²) in [7, 11) is 0. The molecule has 4 aromatic rings. The molecule has 6 nitrogen and oxygen atoms in total. The van der Waals surface area contributed by atoms with Crippen LogP contribution in [-0.2, 0) is 6.54 Å². The second-order valence-corrected chi connectivity index (χ2v) is 6.80. The minimum atomic E-state index is -0.173. The summed E-state index contributed by atoms with van der Waals surface area (Å²) in [5.41, 5.74) is 3.97. The lowest BCUT2D eigenvalue weighted by molar-refractivity contribution is 0.0939. The third-order valence-electron chi connectivity index (χ3n) is 4.87. The van der Waals surface area contributed by atoms with Crippen LogP contribution in [0, 0.1) is 0 Å². The van der Waals surface area contributed by atoms with Gasteiger partial charge in [-0.15, -0.1) is 0 Å². The molecule has 0 saturated heterocycles. The zero-order chi connectivity index (χ0) is 20.2. The van der Waals surface area contributed by atoms with Gasteiger partial charge in [0, 0.05) is 24.5 Å². The Labute approximate surface area is 169 Å². The predicted octanol–water partition coefficient (Wildman–Crippen LogP) is 4.25. The van der Waals surface area contributed by atoms with Crippen LogP contribution in [0.25, 0.3) is 16.9 Å². The first kappa shape index (κ1) is 18.7. The fourth-order valence-electron chi connectivity index (χ4n) is 3.39. The quantitative estimate of drug-likeness (QED) is 0.540. The van der Waals surface area contributed by atoms with E-state index in [1.165, 1.54) is 0 Å². The molecular weight excluding hydrogens is 362 g/mol. The normalized spacial score (nSPS) is 11.9. The summed E-state index contributed by atoms with van der Waals surface area (Å²) in [6.45, 7) is 4.75. The van der Waals surface area contributed by atoms with E-state index in [1.807, 2.05) is 85.3 Å². The van der Waals surface area contributed by atoms with Gasteiger partial charge in [0.1, 0.15) is 5.69 Å². The minimum absolute atomic E-state index is 0.164. The molecule has 0 aliphatic heterocycles. The lowest BCUT2D eigenvalue weighted by Gasteiger charge is -2.15. The highest BCUT2D eigenvalue weighted by molar-refractivity contribution is 6.00. The number of aryl methyl sites for hydroxylation is 1. The molecule has 0 radical (unpaired) electrons. The lowest BCUT2D eigenvalue weighted by atomic mass is 10.1. The van der Waals surface area contributed by atoms with Gasteiger partial charge in [0.2, 0.25) is 0 Å².